The highest BCUT2D eigenvalue weighted by molar-refractivity contribution is 5.02. The third-order valence-electron chi connectivity index (χ3n) is 6.54. The van der Waals surface area contributed by atoms with Crippen LogP contribution >= 0.6 is 0 Å². The van der Waals surface area contributed by atoms with E-state index in [4.69, 9.17) is 0 Å². The second-order valence-electron chi connectivity index (χ2n) is 8.50. The minimum atomic E-state index is 0.639. The quantitative estimate of drug-likeness (QED) is 0.844. The summed E-state index contributed by atoms with van der Waals surface area (Å²) in [5, 5.41) is 4.15. The highest BCUT2D eigenvalue weighted by Gasteiger charge is 2.36. The van der Waals surface area contributed by atoms with E-state index in [1.807, 2.05) is 0 Å². The SMILES string of the molecule is CN1C=CN(C2CCCCC2NC2CCCCC2N2C=CN(C)C2)C1. The molecule has 0 bridgehead atoms. The number of rotatable bonds is 4. The molecular formula is C20H35N5. The minimum Gasteiger partial charge on any atom is -0.362 e. The molecule has 2 fully saturated rings. The van der Waals surface area contributed by atoms with Gasteiger partial charge in [-0.25, -0.2) is 0 Å². The average Bonchev–Trinajstić information content (AvgIpc) is 3.24. The van der Waals surface area contributed by atoms with Crippen molar-refractivity contribution in [2.75, 3.05) is 27.4 Å². The summed E-state index contributed by atoms with van der Waals surface area (Å²) in [6.07, 6.45) is 19.9. The summed E-state index contributed by atoms with van der Waals surface area (Å²) in [6, 6.07) is 2.60. The van der Waals surface area contributed by atoms with Gasteiger partial charge in [-0.3, -0.25) is 0 Å². The molecule has 0 aromatic heterocycles. The van der Waals surface area contributed by atoms with Crippen molar-refractivity contribution >= 4 is 0 Å². The number of hydrogen-bond acceptors (Lipinski definition) is 5. The van der Waals surface area contributed by atoms with Crippen LogP contribution in [0.25, 0.3) is 0 Å². The van der Waals surface area contributed by atoms with Crippen LogP contribution < -0.4 is 5.32 Å². The van der Waals surface area contributed by atoms with Crippen LogP contribution in [0.15, 0.2) is 24.8 Å². The van der Waals surface area contributed by atoms with Crippen LogP contribution in [0.3, 0.4) is 0 Å². The maximum Gasteiger partial charge on any atom is 0.0894 e. The Hall–Kier alpha value is -1.36. The van der Waals surface area contributed by atoms with Crippen LogP contribution in [-0.2, 0) is 0 Å². The van der Waals surface area contributed by atoms with E-state index < -0.39 is 0 Å². The zero-order chi connectivity index (χ0) is 17.2. The molecule has 2 heterocycles. The Labute approximate surface area is 153 Å². The number of nitrogens with zero attached hydrogens (tertiary/aromatic N) is 4. The molecule has 1 N–H and O–H groups in total. The van der Waals surface area contributed by atoms with Crippen molar-refractivity contribution in [3.63, 3.8) is 0 Å². The van der Waals surface area contributed by atoms with Gasteiger partial charge in [-0.2, -0.15) is 0 Å². The van der Waals surface area contributed by atoms with Gasteiger partial charge in [0, 0.05) is 63.1 Å². The number of hydrogen-bond donors (Lipinski definition) is 1. The monoisotopic (exact) mass is 345 g/mol. The molecule has 0 saturated heterocycles. The average molecular weight is 346 g/mol. The molecule has 5 nitrogen and oxygen atoms in total. The largest absolute Gasteiger partial charge is 0.362 e. The summed E-state index contributed by atoms with van der Waals surface area (Å²) >= 11 is 0. The van der Waals surface area contributed by atoms with Gasteiger partial charge in [-0.05, 0) is 25.7 Å². The van der Waals surface area contributed by atoms with E-state index in [1.54, 1.807) is 0 Å². The van der Waals surface area contributed by atoms with E-state index in [0.717, 1.165) is 13.3 Å². The second kappa shape index (κ2) is 7.48. The van der Waals surface area contributed by atoms with Crippen LogP contribution in [0.4, 0.5) is 0 Å². The third-order valence-corrected chi connectivity index (χ3v) is 6.54. The lowest BCUT2D eigenvalue weighted by Gasteiger charge is -2.45. The zero-order valence-corrected chi connectivity index (χ0v) is 16.0. The normalized spacial score (nSPS) is 35.9. The lowest BCUT2D eigenvalue weighted by atomic mass is 9.85. The van der Waals surface area contributed by atoms with Gasteiger partial charge >= 0.3 is 0 Å². The van der Waals surface area contributed by atoms with Crippen LogP contribution in [0.2, 0.25) is 0 Å². The second-order valence-corrected chi connectivity index (χ2v) is 8.50. The highest BCUT2D eigenvalue weighted by atomic mass is 15.4. The van der Waals surface area contributed by atoms with E-state index in [0.29, 0.717) is 24.2 Å². The summed E-state index contributed by atoms with van der Waals surface area (Å²) in [4.78, 5) is 9.72. The summed E-state index contributed by atoms with van der Waals surface area (Å²) in [5.74, 6) is 0. The molecule has 2 aliphatic heterocycles. The first-order chi connectivity index (χ1) is 12.2. The van der Waals surface area contributed by atoms with Gasteiger partial charge in [0.1, 0.15) is 0 Å². The van der Waals surface area contributed by atoms with Crippen molar-refractivity contribution in [2.45, 2.75) is 75.5 Å². The first kappa shape index (κ1) is 17.1. The Balaban J connectivity index is 1.42. The van der Waals surface area contributed by atoms with E-state index in [9.17, 15) is 0 Å². The lowest BCUT2D eigenvalue weighted by molar-refractivity contribution is 0.104. The van der Waals surface area contributed by atoms with Crippen molar-refractivity contribution in [1.29, 1.82) is 0 Å². The number of nitrogens with one attached hydrogen (secondary N) is 1. The minimum absolute atomic E-state index is 0.639. The van der Waals surface area contributed by atoms with Gasteiger partial charge in [0.05, 0.1) is 13.3 Å². The van der Waals surface area contributed by atoms with Crippen molar-refractivity contribution in [3.05, 3.63) is 24.8 Å². The van der Waals surface area contributed by atoms with Crippen molar-refractivity contribution in [3.8, 4) is 0 Å². The first-order valence-corrected chi connectivity index (χ1v) is 10.3. The molecule has 4 unspecified atom stereocenters. The maximum atomic E-state index is 4.15. The van der Waals surface area contributed by atoms with Crippen LogP contribution in [0.5, 0.6) is 0 Å². The molecule has 4 rings (SSSR count). The van der Waals surface area contributed by atoms with Crippen molar-refractivity contribution in [1.82, 2.24) is 24.9 Å². The standard InChI is InChI=1S/C20H35N5/c1-22-11-13-24(15-22)19-9-5-3-7-17(19)21-18-8-4-6-10-20(18)25-14-12-23(2)16-25/h11-14,17-21H,3-10,15-16H2,1-2H3. The highest BCUT2D eigenvalue weighted by Crippen LogP contribution is 2.30. The summed E-state index contributed by atoms with van der Waals surface area (Å²) in [7, 11) is 4.35. The Kier molecular flexibility index (Phi) is 5.11. The first-order valence-electron chi connectivity index (χ1n) is 10.3. The van der Waals surface area contributed by atoms with Gasteiger partial charge < -0.3 is 24.9 Å². The smallest absolute Gasteiger partial charge is 0.0894 e. The van der Waals surface area contributed by atoms with Gasteiger partial charge in [0.25, 0.3) is 0 Å². The van der Waals surface area contributed by atoms with E-state index in [-0.39, 0.29) is 0 Å². The summed E-state index contributed by atoms with van der Waals surface area (Å²) < 4.78 is 0. The molecule has 4 atom stereocenters. The Morgan fingerprint density at radius 2 is 1.08 bits per heavy atom. The molecule has 0 spiro atoms. The summed E-state index contributed by atoms with van der Waals surface area (Å²) in [5.41, 5.74) is 0. The van der Waals surface area contributed by atoms with Crippen LogP contribution in [-0.4, -0.2) is 71.2 Å². The van der Waals surface area contributed by atoms with Gasteiger partial charge in [-0.1, -0.05) is 25.7 Å². The molecule has 2 aliphatic carbocycles. The molecular weight excluding hydrogens is 310 g/mol. The lowest BCUT2D eigenvalue weighted by Crippen LogP contribution is -2.58. The fourth-order valence-electron chi connectivity index (χ4n) is 5.21. The fourth-order valence-corrected chi connectivity index (χ4v) is 5.21. The Morgan fingerprint density at radius 1 is 0.640 bits per heavy atom. The molecule has 0 aromatic carbocycles. The molecule has 5 heteroatoms. The van der Waals surface area contributed by atoms with Gasteiger partial charge in [0.2, 0.25) is 0 Å². The van der Waals surface area contributed by atoms with E-state index in [2.05, 4.69) is 63.8 Å². The fraction of sp³-hybridized carbons (Fsp3) is 0.800. The predicted octanol–water partition coefficient (Wildman–Crippen LogP) is 2.55. The molecule has 25 heavy (non-hydrogen) atoms. The molecule has 0 aromatic rings. The van der Waals surface area contributed by atoms with E-state index in [1.165, 1.54) is 51.4 Å². The predicted molar refractivity (Wildman–Crippen MR) is 102 cm³/mol. The van der Waals surface area contributed by atoms with Crippen molar-refractivity contribution < 1.29 is 0 Å². The topological polar surface area (TPSA) is 25.0 Å². The van der Waals surface area contributed by atoms with E-state index >= 15 is 0 Å². The molecule has 0 amide bonds. The maximum absolute atomic E-state index is 4.15. The Morgan fingerprint density at radius 3 is 1.48 bits per heavy atom. The van der Waals surface area contributed by atoms with Gasteiger partial charge in [-0.15, -0.1) is 0 Å². The summed E-state index contributed by atoms with van der Waals surface area (Å²) in [6.45, 7) is 2.10. The van der Waals surface area contributed by atoms with Crippen LogP contribution in [0.1, 0.15) is 51.4 Å². The van der Waals surface area contributed by atoms with Crippen LogP contribution in [0, 0.1) is 0 Å². The molecule has 4 aliphatic rings. The van der Waals surface area contributed by atoms with Crippen molar-refractivity contribution in [2.24, 2.45) is 0 Å². The molecule has 140 valence electrons. The zero-order valence-electron chi connectivity index (χ0n) is 16.0. The Bertz CT molecular complexity index is 460. The van der Waals surface area contributed by atoms with Gasteiger partial charge in [0.15, 0.2) is 0 Å². The molecule has 0 radical (unpaired) electrons. The molecule has 2 saturated carbocycles. The third kappa shape index (κ3) is 3.76.